The van der Waals surface area contributed by atoms with Crippen LogP contribution in [0.5, 0.6) is 5.75 Å². The van der Waals surface area contributed by atoms with Gasteiger partial charge in [0.05, 0.1) is 15.9 Å². The number of pyridine rings is 1. The highest BCUT2D eigenvalue weighted by atomic mass is 127. The largest absolute Gasteiger partial charge is 0.493 e. The predicted molar refractivity (Wildman–Crippen MR) is 148 cm³/mol. The van der Waals surface area contributed by atoms with E-state index in [1.165, 1.54) is 11.3 Å². The maximum atomic E-state index is 12.0. The molecule has 0 aliphatic carbocycles. The Morgan fingerprint density at radius 2 is 2.06 bits per heavy atom. The highest BCUT2D eigenvalue weighted by Gasteiger charge is 2.19. The molecule has 3 heterocycles. The molecule has 2 N–H and O–H groups in total. The normalized spacial score (nSPS) is 11.1. The van der Waals surface area contributed by atoms with Gasteiger partial charge in [0.15, 0.2) is 5.13 Å². The number of aromatic carboxylic acids is 1. The maximum absolute atomic E-state index is 12.0. The van der Waals surface area contributed by atoms with Gasteiger partial charge in [-0.05, 0) is 71.5 Å². The molecule has 6 nitrogen and oxygen atoms in total. The van der Waals surface area contributed by atoms with Crippen LogP contribution in [0.1, 0.15) is 36.0 Å². The van der Waals surface area contributed by atoms with E-state index in [9.17, 15) is 9.90 Å². The van der Waals surface area contributed by atoms with Gasteiger partial charge in [0.2, 0.25) is 0 Å². The minimum atomic E-state index is -1.04. The highest BCUT2D eigenvalue weighted by molar-refractivity contribution is 14.1. The zero-order chi connectivity index (χ0) is 24.2. The molecular weight excluding hydrogens is 581 g/mol. The van der Waals surface area contributed by atoms with Crippen molar-refractivity contribution < 1.29 is 14.6 Å². The molecule has 9 heteroatoms. The van der Waals surface area contributed by atoms with E-state index in [-0.39, 0.29) is 11.4 Å². The first kappa shape index (κ1) is 24.6. The first-order valence-corrected chi connectivity index (χ1v) is 13.6. The minimum absolute atomic E-state index is 0.112. The van der Waals surface area contributed by atoms with E-state index < -0.39 is 5.97 Å². The van der Waals surface area contributed by atoms with Crippen molar-refractivity contribution in [2.24, 2.45) is 5.92 Å². The van der Waals surface area contributed by atoms with Gasteiger partial charge < -0.3 is 15.2 Å². The molecule has 0 spiro atoms. The number of benzene rings is 1. The Bertz CT molecular complexity index is 1300. The topological polar surface area (TPSA) is 84.3 Å². The van der Waals surface area contributed by atoms with E-state index in [4.69, 9.17) is 9.72 Å². The summed E-state index contributed by atoms with van der Waals surface area (Å²) in [6.07, 6.45) is 2.55. The summed E-state index contributed by atoms with van der Waals surface area (Å²) in [6.45, 7) is 6.90. The standard InChI is InChI=1S/C25H24IN3O3S2/c1-4-32-19-12-15(7-8-18(19)26)22-21(10-14(2)3)34-25(28-22)29-23-17(24(30)31)11-16(13-27-23)20-6-5-9-33-20/h5-9,11-14H,4,10H2,1-3H3,(H,30,31)(H,27,28,29). The second-order valence-corrected chi connectivity index (χ2v) is 11.2. The molecule has 0 radical (unpaired) electrons. The van der Waals surface area contributed by atoms with Crippen LogP contribution in [0.3, 0.4) is 0 Å². The number of thiazole rings is 1. The van der Waals surface area contributed by atoms with Crippen molar-refractivity contribution in [1.82, 2.24) is 9.97 Å². The lowest BCUT2D eigenvalue weighted by Crippen LogP contribution is -2.05. The van der Waals surface area contributed by atoms with Crippen molar-refractivity contribution in [1.29, 1.82) is 0 Å². The van der Waals surface area contributed by atoms with E-state index in [1.54, 1.807) is 23.6 Å². The Labute approximate surface area is 220 Å². The van der Waals surface area contributed by atoms with Gasteiger partial charge in [0, 0.05) is 27.1 Å². The van der Waals surface area contributed by atoms with E-state index in [1.807, 2.05) is 42.6 Å². The summed E-state index contributed by atoms with van der Waals surface area (Å²) in [4.78, 5) is 23.4. The third-order valence-corrected chi connectivity index (χ3v) is 7.75. The number of nitrogens with zero attached hydrogens (tertiary/aromatic N) is 2. The number of anilines is 2. The number of halogens is 1. The maximum Gasteiger partial charge on any atom is 0.339 e. The molecule has 0 fully saturated rings. The number of carboxylic acids is 1. The molecule has 4 rings (SSSR count). The van der Waals surface area contributed by atoms with Crippen molar-refractivity contribution >= 4 is 62.2 Å². The number of nitrogens with one attached hydrogen (secondary N) is 1. The number of rotatable bonds is 9. The lowest BCUT2D eigenvalue weighted by atomic mass is 10.0. The molecule has 0 unspecified atom stereocenters. The molecule has 0 aliphatic rings. The molecule has 3 aromatic heterocycles. The van der Waals surface area contributed by atoms with Gasteiger partial charge in [-0.3, -0.25) is 0 Å². The fraction of sp³-hybridized carbons (Fsp3) is 0.240. The molecule has 0 saturated carbocycles. The van der Waals surface area contributed by atoms with Gasteiger partial charge in [-0.15, -0.1) is 22.7 Å². The smallest absolute Gasteiger partial charge is 0.339 e. The summed E-state index contributed by atoms with van der Waals surface area (Å²) in [5.41, 5.74) is 2.75. The van der Waals surface area contributed by atoms with Crippen molar-refractivity contribution in [3.05, 3.63) is 62.0 Å². The fourth-order valence-corrected chi connectivity index (χ4v) is 5.86. The molecular formula is C25H24IN3O3S2. The van der Waals surface area contributed by atoms with Crippen molar-refractivity contribution in [2.45, 2.75) is 27.2 Å². The Hall–Kier alpha value is -2.50. The van der Waals surface area contributed by atoms with E-state index >= 15 is 0 Å². The number of hydrogen-bond acceptors (Lipinski definition) is 7. The van der Waals surface area contributed by atoms with E-state index in [0.29, 0.717) is 17.7 Å². The van der Waals surface area contributed by atoms with Gasteiger partial charge >= 0.3 is 5.97 Å². The van der Waals surface area contributed by atoms with Crippen LogP contribution in [0.4, 0.5) is 10.9 Å². The van der Waals surface area contributed by atoms with Gasteiger partial charge in [-0.1, -0.05) is 26.0 Å². The summed E-state index contributed by atoms with van der Waals surface area (Å²) < 4.78 is 6.83. The van der Waals surface area contributed by atoms with Gasteiger partial charge in [-0.2, -0.15) is 0 Å². The average molecular weight is 606 g/mol. The molecule has 0 bridgehead atoms. The molecule has 34 heavy (non-hydrogen) atoms. The van der Waals surface area contributed by atoms with Crippen LogP contribution in [0, 0.1) is 9.49 Å². The zero-order valence-electron chi connectivity index (χ0n) is 19.0. The Kier molecular flexibility index (Phi) is 7.84. The number of carboxylic acid groups (broad SMARTS) is 1. The Morgan fingerprint density at radius 3 is 2.74 bits per heavy atom. The second-order valence-electron chi connectivity index (χ2n) is 7.99. The van der Waals surface area contributed by atoms with Crippen LogP contribution in [0.15, 0.2) is 48.0 Å². The Balaban J connectivity index is 1.71. The SMILES string of the molecule is CCOc1cc(-c2nc(Nc3ncc(-c4cccs4)cc3C(=O)O)sc2CC(C)C)ccc1I. The number of hydrogen-bond donors (Lipinski definition) is 2. The zero-order valence-corrected chi connectivity index (χ0v) is 22.8. The predicted octanol–water partition coefficient (Wildman–Crippen LogP) is 7.58. The molecule has 176 valence electrons. The van der Waals surface area contributed by atoms with Gasteiger partial charge in [0.25, 0.3) is 0 Å². The molecule has 0 aliphatic heterocycles. The Morgan fingerprint density at radius 1 is 1.24 bits per heavy atom. The third-order valence-electron chi connectivity index (χ3n) is 4.94. The van der Waals surface area contributed by atoms with Crippen LogP contribution in [-0.4, -0.2) is 27.7 Å². The number of aromatic nitrogens is 2. The van der Waals surface area contributed by atoms with Crippen molar-refractivity contribution in [3.8, 4) is 27.4 Å². The summed E-state index contributed by atoms with van der Waals surface area (Å²) in [5, 5.41) is 15.6. The van der Waals surface area contributed by atoms with E-state index in [0.717, 1.165) is 42.3 Å². The first-order valence-electron chi connectivity index (χ1n) is 10.8. The fourth-order valence-electron chi connectivity index (χ4n) is 3.46. The number of carbonyl (C=O) groups is 1. The van der Waals surface area contributed by atoms with E-state index in [2.05, 4.69) is 46.7 Å². The van der Waals surface area contributed by atoms with Crippen LogP contribution >= 0.6 is 45.3 Å². The lowest BCUT2D eigenvalue weighted by molar-refractivity contribution is 0.0697. The molecule has 4 aromatic rings. The molecule has 0 amide bonds. The molecule has 1 aromatic carbocycles. The van der Waals surface area contributed by atoms with Crippen LogP contribution in [0.2, 0.25) is 0 Å². The van der Waals surface area contributed by atoms with Crippen LogP contribution < -0.4 is 10.1 Å². The highest BCUT2D eigenvalue weighted by Crippen LogP contribution is 2.37. The first-order chi connectivity index (χ1) is 16.4. The van der Waals surface area contributed by atoms with Gasteiger partial charge in [0.1, 0.15) is 17.1 Å². The van der Waals surface area contributed by atoms with Crippen LogP contribution in [0.25, 0.3) is 21.7 Å². The van der Waals surface area contributed by atoms with Crippen molar-refractivity contribution in [2.75, 3.05) is 11.9 Å². The second kappa shape index (κ2) is 10.8. The quantitative estimate of drug-likeness (QED) is 0.192. The summed E-state index contributed by atoms with van der Waals surface area (Å²) >= 11 is 5.34. The molecule has 0 atom stereocenters. The lowest BCUT2D eigenvalue weighted by Gasteiger charge is -2.09. The third kappa shape index (κ3) is 5.59. The number of thiophene rings is 1. The van der Waals surface area contributed by atoms with Crippen molar-refractivity contribution in [3.63, 3.8) is 0 Å². The molecule has 0 saturated heterocycles. The number of ether oxygens (including phenoxy) is 1. The van der Waals surface area contributed by atoms with Gasteiger partial charge in [-0.25, -0.2) is 14.8 Å². The average Bonchev–Trinajstić information content (AvgIpc) is 3.46. The minimum Gasteiger partial charge on any atom is -0.493 e. The summed E-state index contributed by atoms with van der Waals surface area (Å²) in [5.74, 6) is 0.519. The summed E-state index contributed by atoms with van der Waals surface area (Å²) in [7, 11) is 0. The monoisotopic (exact) mass is 605 g/mol. The van der Waals surface area contributed by atoms with Crippen LogP contribution in [-0.2, 0) is 6.42 Å². The summed E-state index contributed by atoms with van der Waals surface area (Å²) in [6, 6.07) is 11.6.